The van der Waals surface area contributed by atoms with Crippen molar-refractivity contribution in [2.75, 3.05) is 30.8 Å². The van der Waals surface area contributed by atoms with Crippen molar-refractivity contribution in [3.8, 4) is 22.6 Å². The number of carboxylic acid groups (broad SMARTS) is 1. The van der Waals surface area contributed by atoms with Gasteiger partial charge in [-0.2, -0.15) is 0 Å². The molecule has 5 rings (SSSR count). The first-order valence-corrected chi connectivity index (χ1v) is 11.6. The van der Waals surface area contributed by atoms with E-state index in [4.69, 9.17) is 4.74 Å². The minimum atomic E-state index is -0.826. The fourth-order valence-electron chi connectivity index (χ4n) is 4.62. The Balaban J connectivity index is 1.40. The van der Waals surface area contributed by atoms with Crippen LogP contribution in [-0.2, 0) is 4.79 Å². The van der Waals surface area contributed by atoms with Gasteiger partial charge in [0, 0.05) is 18.7 Å². The molecule has 184 valence electrons. The highest BCUT2D eigenvalue weighted by Crippen LogP contribution is 2.37. The maximum atomic E-state index is 13.0. The first kappa shape index (κ1) is 23.2. The second-order valence-corrected chi connectivity index (χ2v) is 8.89. The molecule has 36 heavy (non-hydrogen) atoms. The van der Waals surface area contributed by atoms with Crippen molar-refractivity contribution >= 4 is 34.8 Å². The standard InChI is InChI=1S/C27H25N3O6/c1-36-24-14-17(4-7-23(24)31)16-2-5-19-21(12-16)28-20-6-3-18(13-22(20)29-25(19)32)26(33)30-10-8-15(9-11-30)27(34)35/h2-7,12-15,28,31H,8-11H2,1H3,(H,29,32)(H,34,35). The molecule has 2 aliphatic rings. The molecular formula is C27H25N3O6. The summed E-state index contributed by atoms with van der Waals surface area (Å²) in [6, 6.07) is 15.5. The zero-order chi connectivity index (χ0) is 25.4. The van der Waals surface area contributed by atoms with Gasteiger partial charge in [-0.05, 0) is 66.4 Å². The zero-order valence-electron chi connectivity index (χ0n) is 19.6. The Bertz CT molecular complexity index is 1380. The molecule has 3 aromatic rings. The monoisotopic (exact) mass is 487 g/mol. The number of carbonyl (C=O) groups excluding carboxylic acids is 2. The van der Waals surface area contributed by atoms with Crippen LogP contribution in [0.15, 0.2) is 54.6 Å². The largest absolute Gasteiger partial charge is 0.504 e. The maximum absolute atomic E-state index is 13.0. The maximum Gasteiger partial charge on any atom is 0.306 e. The van der Waals surface area contributed by atoms with Gasteiger partial charge in [0.05, 0.1) is 35.7 Å². The molecule has 0 saturated carbocycles. The van der Waals surface area contributed by atoms with Gasteiger partial charge >= 0.3 is 5.97 Å². The van der Waals surface area contributed by atoms with Crippen molar-refractivity contribution in [1.29, 1.82) is 0 Å². The first-order valence-electron chi connectivity index (χ1n) is 11.6. The molecule has 0 unspecified atom stereocenters. The number of ether oxygens (including phenoxy) is 1. The molecule has 0 bridgehead atoms. The summed E-state index contributed by atoms with van der Waals surface area (Å²) >= 11 is 0. The number of hydrogen-bond acceptors (Lipinski definition) is 6. The van der Waals surface area contributed by atoms with Gasteiger partial charge in [0.25, 0.3) is 11.8 Å². The number of aliphatic carboxylic acids is 1. The predicted molar refractivity (Wildman–Crippen MR) is 134 cm³/mol. The van der Waals surface area contributed by atoms with E-state index in [0.717, 1.165) is 11.1 Å². The Morgan fingerprint density at radius 2 is 1.64 bits per heavy atom. The number of fused-ring (bicyclic) bond motifs is 2. The lowest BCUT2D eigenvalue weighted by atomic mass is 9.96. The number of piperidine rings is 1. The molecule has 9 heteroatoms. The van der Waals surface area contributed by atoms with Crippen LogP contribution in [0.4, 0.5) is 17.1 Å². The minimum Gasteiger partial charge on any atom is -0.504 e. The van der Waals surface area contributed by atoms with Crippen molar-refractivity contribution in [2.24, 2.45) is 5.92 Å². The van der Waals surface area contributed by atoms with Gasteiger partial charge in [0.2, 0.25) is 0 Å². The quantitative estimate of drug-likeness (QED) is 0.432. The van der Waals surface area contributed by atoms with E-state index in [1.807, 2.05) is 12.1 Å². The van der Waals surface area contributed by atoms with Gasteiger partial charge in [-0.3, -0.25) is 14.4 Å². The third-order valence-corrected chi connectivity index (χ3v) is 6.69. The topological polar surface area (TPSA) is 128 Å². The van der Waals surface area contributed by atoms with E-state index < -0.39 is 11.9 Å². The molecule has 2 amide bonds. The van der Waals surface area contributed by atoms with Gasteiger partial charge in [-0.15, -0.1) is 0 Å². The Hall–Kier alpha value is -4.53. The number of nitrogens with zero attached hydrogens (tertiary/aromatic N) is 1. The van der Waals surface area contributed by atoms with E-state index >= 15 is 0 Å². The number of aromatic hydroxyl groups is 1. The SMILES string of the molecule is COc1cc(-c2ccc3c(c2)Nc2ccc(C(=O)N4CCC(C(=O)O)CC4)cc2NC3=O)ccc1O. The molecule has 2 aliphatic heterocycles. The van der Waals surface area contributed by atoms with E-state index in [2.05, 4.69) is 10.6 Å². The number of anilines is 3. The molecule has 0 aliphatic carbocycles. The van der Waals surface area contributed by atoms with Crippen molar-refractivity contribution < 1.29 is 29.3 Å². The van der Waals surface area contributed by atoms with Crippen LogP contribution in [0.1, 0.15) is 33.6 Å². The number of methoxy groups -OCH3 is 1. The fraction of sp³-hybridized carbons (Fsp3) is 0.222. The molecule has 1 fully saturated rings. The summed E-state index contributed by atoms with van der Waals surface area (Å²) in [6.07, 6.45) is 0.851. The second kappa shape index (κ2) is 9.26. The molecule has 0 spiro atoms. The van der Waals surface area contributed by atoms with Crippen LogP contribution in [0.25, 0.3) is 11.1 Å². The highest BCUT2D eigenvalue weighted by molar-refractivity contribution is 6.13. The highest BCUT2D eigenvalue weighted by atomic mass is 16.5. The Labute approximate surface area is 207 Å². The molecule has 3 aromatic carbocycles. The number of carbonyl (C=O) groups is 3. The van der Waals surface area contributed by atoms with Crippen molar-refractivity contribution in [3.05, 3.63) is 65.7 Å². The Morgan fingerprint density at radius 1 is 0.917 bits per heavy atom. The number of rotatable bonds is 4. The number of nitrogens with one attached hydrogen (secondary N) is 2. The van der Waals surface area contributed by atoms with Crippen molar-refractivity contribution in [3.63, 3.8) is 0 Å². The summed E-state index contributed by atoms with van der Waals surface area (Å²) in [7, 11) is 1.48. The molecule has 0 atom stereocenters. The molecule has 2 heterocycles. The highest BCUT2D eigenvalue weighted by Gasteiger charge is 2.28. The van der Waals surface area contributed by atoms with Gasteiger partial charge in [0.1, 0.15) is 0 Å². The number of likely N-dealkylation sites (tertiary alicyclic amines) is 1. The summed E-state index contributed by atoms with van der Waals surface area (Å²) in [5.41, 5.74) is 4.24. The van der Waals surface area contributed by atoms with Crippen LogP contribution in [0.3, 0.4) is 0 Å². The van der Waals surface area contributed by atoms with E-state index in [-0.39, 0.29) is 17.6 Å². The molecule has 0 aromatic heterocycles. The van der Waals surface area contributed by atoms with Crippen LogP contribution >= 0.6 is 0 Å². The lowest BCUT2D eigenvalue weighted by molar-refractivity contribution is -0.143. The third-order valence-electron chi connectivity index (χ3n) is 6.69. The number of hydrogen-bond donors (Lipinski definition) is 4. The average Bonchev–Trinajstić information content (AvgIpc) is 3.03. The van der Waals surface area contributed by atoms with Crippen LogP contribution < -0.4 is 15.4 Å². The molecule has 4 N–H and O–H groups in total. The number of benzene rings is 3. The summed E-state index contributed by atoms with van der Waals surface area (Å²) in [4.78, 5) is 38.9. The number of amides is 2. The van der Waals surface area contributed by atoms with Gasteiger partial charge < -0.3 is 30.5 Å². The van der Waals surface area contributed by atoms with Crippen LogP contribution in [0, 0.1) is 5.92 Å². The van der Waals surface area contributed by atoms with Gasteiger partial charge in [-0.1, -0.05) is 12.1 Å². The van der Waals surface area contributed by atoms with Crippen molar-refractivity contribution in [2.45, 2.75) is 12.8 Å². The van der Waals surface area contributed by atoms with Gasteiger partial charge in [-0.25, -0.2) is 0 Å². The Morgan fingerprint density at radius 3 is 2.36 bits per heavy atom. The molecule has 9 nitrogen and oxygen atoms in total. The zero-order valence-corrected chi connectivity index (χ0v) is 19.6. The third kappa shape index (κ3) is 4.31. The fourth-order valence-corrected chi connectivity index (χ4v) is 4.62. The van der Waals surface area contributed by atoms with E-state index in [1.165, 1.54) is 7.11 Å². The summed E-state index contributed by atoms with van der Waals surface area (Å²) in [5.74, 6) is -1.36. The van der Waals surface area contributed by atoms with Gasteiger partial charge in [0.15, 0.2) is 11.5 Å². The van der Waals surface area contributed by atoms with Crippen molar-refractivity contribution in [1.82, 2.24) is 4.90 Å². The molecule has 1 saturated heterocycles. The van der Waals surface area contributed by atoms with E-state index in [9.17, 15) is 24.6 Å². The van der Waals surface area contributed by atoms with Crippen LogP contribution in [0.2, 0.25) is 0 Å². The average molecular weight is 488 g/mol. The number of carboxylic acids is 1. The van der Waals surface area contributed by atoms with E-state index in [1.54, 1.807) is 47.4 Å². The predicted octanol–water partition coefficient (Wildman–Crippen LogP) is 4.31. The lowest BCUT2D eigenvalue weighted by Gasteiger charge is -2.30. The Kier molecular flexibility index (Phi) is 5.97. The number of phenols is 1. The minimum absolute atomic E-state index is 0.0408. The first-order chi connectivity index (χ1) is 17.3. The smallest absolute Gasteiger partial charge is 0.306 e. The second-order valence-electron chi connectivity index (χ2n) is 8.89. The molecular weight excluding hydrogens is 462 g/mol. The summed E-state index contributed by atoms with van der Waals surface area (Å²) in [6.45, 7) is 0.765. The van der Waals surface area contributed by atoms with E-state index in [0.29, 0.717) is 59.9 Å². The van der Waals surface area contributed by atoms with Crippen LogP contribution in [0.5, 0.6) is 11.5 Å². The summed E-state index contributed by atoms with van der Waals surface area (Å²) in [5, 5.41) is 25.3. The molecule has 0 radical (unpaired) electrons. The lowest BCUT2D eigenvalue weighted by Crippen LogP contribution is -2.40. The normalized spacial score (nSPS) is 15.1. The number of phenolic OH excluding ortho intramolecular Hbond substituents is 1. The summed E-state index contributed by atoms with van der Waals surface area (Å²) < 4.78 is 5.21. The van der Waals surface area contributed by atoms with Crippen LogP contribution in [-0.4, -0.2) is 53.1 Å².